The zero-order chi connectivity index (χ0) is 41.7. The molecule has 6 N–H and O–H groups in total. The number of benzene rings is 2. The van der Waals surface area contributed by atoms with Gasteiger partial charge in [0.05, 0.1) is 35.1 Å². The summed E-state index contributed by atoms with van der Waals surface area (Å²) in [5.74, 6) is -1.20. The lowest BCUT2D eigenvalue weighted by Gasteiger charge is -2.34. The SMILES string of the molecule is CCC(C)[C@H](NC(=O)N(C)Cc1csc(C)n1)C(=O)N[C@@H](Cc1ccccc1)C[C@H](O)[C@H](Cc1ccc(-c2ccccn2)cc1)NC(=O)[C@@H](NC(=O)O)C(C)(C)C. The number of aliphatic hydroxyl groups excluding tert-OH is 1. The smallest absolute Gasteiger partial charge is 0.405 e. The standard InChI is InChI=1S/C43H57N7O6S/c1-8-27(2)37(48-41(54)50(7)25-33-26-57-28(3)45-33)39(52)46-32(22-29-14-10-9-11-15-29)24-36(51)35(47-40(53)38(43(4,5)6)49-42(55)56)23-30-17-19-31(20-18-30)34-16-12-13-21-44-34/h9-21,26-27,32,35-38,49,51H,8,22-25H2,1-7H3,(H,46,52)(H,47,53)(H,48,54)(H,55,56)/t27?,32-,35-,36-,37-,38+/m0/s1. The molecule has 0 bridgehead atoms. The van der Waals surface area contributed by atoms with Gasteiger partial charge in [0.2, 0.25) is 11.8 Å². The van der Waals surface area contributed by atoms with Crippen LogP contribution < -0.4 is 21.3 Å². The first kappa shape index (κ1) is 44.4. The number of hydrogen-bond donors (Lipinski definition) is 6. The highest BCUT2D eigenvalue weighted by molar-refractivity contribution is 7.09. The maximum Gasteiger partial charge on any atom is 0.405 e. The van der Waals surface area contributed by atoms with Gasteiger partial charge >= 0.3 is 12.1 Å². The highest BCUT2D eigenvalue weighted by atomic mass is 32.1. The van der Waals surface area contributed by atoms with Crippen LogP contribution in [0.5, 0.6) is 0 Å². The Morgan fingerprint density at radius 3 is 2.11 bits per heavy atom. The van der Waals surface area contributed by atoms with Gasteiger partial charge in [0, 0.05) is 30.2 Å². The van der Waals surface area contributed by atoms with Crippen molar-refractivity contribution in [3.05, 3.63) is 106 Å². The molecule has 2 aromatic heterocycles. The fraction of sp³-hybridized carbons (Fsp3) is 0.442. The van der Waals surface area contributed by atoms with E-state index in [1.54, 1.807) is 34.0 Å². The number of hydrogen-bond acceptors (Lipinski definition) is 8. The number of nitrogens with zero attached hydrogens (tertiary/aromatic N) is 3. The summed E-state index contributed by atoms with van der Waals surface area (Å²) in [7, 11) is 1.65. The Hall–Kier alpha value is -5.34. The molecule has 14 heteroatoms. The van der Waals surface area contributed by atoms with Crippen molar-refractivity contribution in [2.24, 2.45) is 11.3 Å². The number of rotatable bonds is 18. The number of carbonyl (C=O) groups excluding carboxylic acids is 3. The van der Waals surface area contributed by atoms with Gasteiger partial charge in [-0.25, -0.2) is 14.6 Å². The summed E-state index contributed by atoms with van der Waals surface area (Å²) in [5, 5.41) is 35.8. The van der Waals surface area contributed by atoms with Crippen LogP contribution in [0.15, 0.2) is 84.4 Å². The second-order valence-electron chi connectivity index (χ2n) is 15.7. The van der Waals surface area contributed by atoms with E-state index in [-0.39, 0.29) is 25.3 Å². The minimum Gasteiger partial charge on any atom is -0.465 e. The number of aromatic nitrogens is 2. The molecule has 0 radical (unpaired) electrons. The number of amides is 5. The van der Waals surface area contributed by atoms with Crippen LogP contribution in [0.3, 0.4) is 0 Å². The van der Waals surface area contributed by atoms with Gasteiger partial charge in [-0.1, -0.05) is 102 Å². The van der Waals surface area contributed by atoms with Crippen LogP contribution in [0.1, 0.15) is 69.3 Å². The van der Waals surface area contributed by atoms with E-state index >= 15 is 0 Å². The molecule has 6 atom stereocenters. The first-order valence-electron chi connectivity index (χ1n) is 19.3. The predicted molar refractivity (Wildman–Crippen MR) is 223 cm³/mol. The van der Waals surface area contributed by atoms with Crippen LogP contribution in [-0.2, 0) is 29.0 Å². The quantitative estimate of drug-likeness (QED) is 0.0712. The predicted octanol–water partition coefficient (Wildman–Crippen LogP) is 5.96. The molecule has 2 heterocycles. The van der Waals surface area contributed by atoms with E-state index in [2.05, 4.69) is 31.2 Å². The fourth-order valence-electron chi connectivity index (χ4n) is 6.53. The number of aryl methyl sites for hydroxylation is 1. The van der Waals surface area contributed by atoms with Crippen molar-refractivity contribution in [2.45, 2.75) is 104 Å². The van der Waals surface area contributed by atoms with E-state index in [1.807, 2.05) is 98.9 Å². The van der Waals surface area contributed by atoms with Gasteiger partial charge in [-0.2, -0.15) is 0 Å². The molecule has 0 saturated heterocycles. The molecule has 306 valence electrons. The van der Waals surface area contributed by atoms with Gasteiger partial charge in [0.1, 0.15) is 12.1 Å². The Balaban J connectivity index is 1.60. The summed E-state index contributed by atoms with van der Waals surface area (Å²) >= 11 is 1.50. The molecule has 0 aliphatic rings. The Morgan fingerprint density at radius 1 is 0.860 bits per heavy atom. The highest BCUT2D eigenvalue weighted by Crippen LogP contribution is 2.23. The molecule has 13 nitrogen and oxygen atoms in total. The van der Waals surface area contributed by atoms with Crippen molar-refractivity contribution in [2.75, 3.05) is 7.05 Å². The summed E-state index contributed by atoms with van der Waals surface area (Å²) in [6.45, 7) is 11.3. The lowest BCUT2D eigenvalue weighted by atomic mass is 9.85. The van der Waals surface area contributed by atoms with Crippen LogP contribution in [0.4, 0.5) is 9.59 Å². The van der Waals surface area contributed by atoms with Gasteiger partial charge < -0.3 is 36.4 Å². The average molecular weight is 800 g/mol. The molecular weight excluding hydrogens is 743 g/mol. The van der Waals surface area contributed by atoms with Crippen LogP contribution in [-0.4, -0.2) is 86.3 Å². The van der Waals surface area contributed by atoms with Crippen molar-refractivity contribution in [3.8, 4) is 11.3 Å². The van der Waals surface area contributed by atoms with E-state index in [9.17, 15) is 29.4 Å². The third-order valence-electron chi connectivity index (χ3n) is 9.94. The highest BCUT2D eigenvalue weighted by Gasteiger charge is 2.36. The molecule has 0 aliphatic heterocycles. The zero-order valence-electron chi connectivity index (χ0n) is 33.9. The molecule has 4 rings (SSSR count). The second-order valence-corrected chi connectivity index (χ2v) is 16.8. The minimum atomic E-state index is -1.34. The molecule has 1 unspecified atom stereocenters. The molecule has 0 spiro atoms. The second kappa shape index (κ2) is 20.7. The lowest BCUT2D eigenvalue weighted by molar-refractivity contribution is -0.128. The van der Waals surface area contributed by atoms with Gasteiger partial charge in [-0.3, -0.25) is 14.6 Å². The Kier molecular flexibility index (Phi) is 16.1. The number of carbonyl (C=O) groups is 4. The fourth-order valence-corrected chi connectivity index (χ4v) is 7.13. The maximum atomic E-state index is 14.2. The lowest BCUT2D eigenvalue weighted by Crippen LogP contribution is -2.58. The normalized spacial score (nSPS) is 14.6. The first-order valence-corrected chi connectivity index (χ1v) is 20.2. The van der Waals surface area contributed by atoms with Crippen molar-refractivity contribution in [3.63, 3.8) is 0 Å². The van der Waals surface area contributed by atoms with Gasteiger partial charge in [-0.05, 0) is 60.8 Å². The van der Waals surface area contributed by atoms with E-state index in [0.717, 1.165) is 33.1 Å². The molecule has 5 amide bonds. The molecule has 57 heavy (non-hydrogen) atoms. The Bertz CT molecular complexity index is 1900. The van der Waals surface area contributed by atoms with Crippen LogP contribution in [0.2, 0.25) is 0 Å². The van der Waals surface area contributed by atoms with Gasteiger partial charge in [0.25, 0.3) is 0 Å². The molecule has 0 saturated carbocycles. The van der Waals surface area contributed by atoms with Crippen LogP contribution in [0.25, 0.3) is 11.3 Å². The van der Waals surface area contributed by atoms with E-state index in [1.165, 1.54) is 16.2 Å². The van der Waals surface area contributed by atoms with E-state index in [4.69, 9.17) is 0 Å². The molecular formula is C43H57N7O6S. The van der Waals surface area contributed by atoms with Gasteiger partial charge in [-0.15, -0.1) is 11.3 Å². The van der Waals surface area contributed by atoms with E-state index < -0.39 is 59.6 Å². The summed E-state index contributed by atoms with van der Waals surface area (Å²) in [5.41, 5.74) is 3.41. The van der Waals surface area contributed by atoms with E-state index in [0.29, 0.717) is 12.8 Å². The number of urea groups is 1. The molecule has 0 aliphatic carbocycles. The van der Waals surface area contributed by atoms with Crippen LogP contribution >= 0.6 is 11.3 Å². The molecule has 2 aromatic carbocycles. The third kappa shape index (κ3) is 13.7. The first-order chi connectivity index (χ1) is 27.0. The third-order valence-corrected chi connectivity index (χ3v) is 10.8. The average Bonchev–Trinajstić information content (AvgIpc) is 3.59. The zero-order valence-corrected chi connectivity index (χ0v) is 34.7. The summed E-state index contributed by atoms with van der Waals surface area (Å²) < 4.78 is 0. The number of thiazole rings is 1. The number of pyridine rings is 1. The summed E-state index contributed by atoms with van der Waals surface area (Å²) in [6, 6.07) is 19.0. The summed E-state index contributed by atoms with van der Waals surface area (Å²) in [6.07, 6.45) is 0.411. The van der Waals surface area contributed by atoms with Gasteiger partial charge in [0.15, 0.2) is 0 Å². The number of nitrogens with one attached hydrogen (secondary N) is 4. The Morgan fingerprint density at radius 2 is 1.53 bits per heavy atom. The number of aliphatic hydroxyl groups is 1. The van der Waals surface area contributed by atoms with Crippen molar-refractivity contribution in [1.29, 1.82) is 0 Å². The minimum absolute atomic E-state index is 0.0361. The summed E-state index contributed by atoms with van der Waals surface area (Å²) in [4.78, 5) is 63.5. The van der Waals surface area contributed by atoms with Crippen molar-refractivity contribution < 1.29 is 29.4 Å². The maximum absolute atomic E-state index is 14.2. The van der Waals surface area contributed by atoms with Crippen molar-refractivity contribution in [1.82, 2.24) is 36.1 Å². The largest absolute Gasteiger partial charge is 0.465 e. The number of carboxylic acid groups (broad SMARTS) is 1. The molecule has 0 fully saturated rings. The topological polar surface area (TPSA) is 186 Å². The molecule has 4 aromatic rings. The Labute approximate surface area is 339 Å². The van der Waals surface area contributed by atoms with Crippen LogP contribution in [0, 0.1) is 18.3 Å². The van der Waals surface area contributed by atoms with Crippen molar-refractivity contribution >= 4 is 35.3 Å². The monoisotopic (exact) mass is 799 g/mol.